The normalized spacial score (nSPS) is 14.8. The molecule has 1 saturated heterocycles. The molecular weight excluding hydrogens is 367 g/mol. The van der Waals surface area contributed by atoms with Gasteiger partial charge in [-0.15, -0.1) is 0 Å². The number of aryl methyl sites for hydroxylation is 1. The maximum atomic E-state index is 13.2. The third-order valence-corrected chi connectivity index (χ3v) is 5.68. The maximum absolute atomic E-state index is 13.2. The summed E-state index contributed by atoms with van der Waals surface area (Å²) < 4.78 is 40.6. The first-order valence-corrected chi connectivity index (χ1v) is 9.53. The summed E-state index contributed by atoms with van der Waals surface area (Å²) in [5, 5.41) is -0.167. The van der Waals surface area contributed by atoms with Gasteiger partial charge in [-0.3, -0.25) is 9.52 Å². The van der Waals surface area contributed by atoms with Gasteiger partial charge in [0.15, 0.2) is 0 Å². The van der Waals surface area contributed by atoms with Crippen LogP contribution >= 0.6 is 11.6 Å². The van der Waals surface area contributed by atoms with Crippen LogP contribution < -0.4 is 9.62 Å². The van der Waals surface area contributed by atoms with Crippen molar-refractivity contribution in [3.8, 4) is 0 Å². The molecule has 1 aliphatic rings. The van der Waals surface area contributed by atoms with Crippen molar-refractivity contribution in [3.63, 3.8) is 0 Å². The predicted molar refractivity (Wildman–Crippen MR) is 95.0 cm³/mol. The second kappa shape index (κ2) is 6.65. The van der Waals surface area contributed by atoms with E-state index >= 15 is 0 Å². The third-order valence-electron chi connectivity index (χ3n) is 4.01. The van der Waals surface area contributed by atoms with Gasteiger partial charge in [-0.05, 0) is 55.3 Å². The molecule has 0 atom stereocenters. The Morgan fingerprint density at radius 2 is 1.96 bits per heavy atom. The van der Waals surface area contributed by atoms with E-state index in [0.29, 0.717) is 24.2 Å². The van der Waals surface area contributed by atoms with Gasteiger partial charge in [0.05, 0.1) is 15.6 Å². The van der Waals surface area contributed by atoms with Crippen LogP contribution in [0, 0.1) is 12.7 Å². The molecule has 2 aromatic rings. The number of benzene rings is 2. The smallest absolute Gasteiger partial charge is 0.261 e. The molecular formula is C17H16ClFN2O3S. The van der Waals surface area contributed by atoms with Gasteiger partial charge in [0.1, 0.15) is 5.82 Å². The first kappa shape index (κ1) is 17.7. The Labute approximate surface area is 150 Å². The molecule has 0 spiro atoms. The number of hydrogen-bond acceptors (Lipinski definition) is 3. The van der Waals surface area contributed by atoms with E-state index in [4.69, 9.17) is 11.6 Å². The number of halogens is 2. The van der Waals surface area contributed by atoms with Crippen LogP contribution in [0.5, 0.6) is 0 Å². The zero-order chi connectivity index (χ0) is 18.2. The van der Waals surface area contributed by atoms with E-state index in [1.807, 2.05) is 0 Å². The number of rotatable bonds is 4. The third kappa shape index (κ3) is 3.62. The highest BCUT2D eigenvalue weighted by Gasteiger charge is 2.24. The second-order valence-corrected chi connectivity index (χ2v) is 7.92. The molecule has 0 unspecified atom stereocenters. The zero-order valence-electron chi connectivity index (χ0n) is 13.4. The highest BCUT2D eigenvalue weighted by molar-refractivity contribution is 7.92. The van der Waals surface area contributed by atoms with Crippen LogP contribution in [-0.4, -0.2) is 20.9 Å². The minimum atomic E-state index is -3.85. The van der Waals surface area contributed by atoms with Crippen molar-refractivity contribution in [2.24, 2.45) is 0 Å². The number of nitrogens with zero attached hydrogens (tertiary/aromatic N) is 1. The molecule has 0 aromatic heterocycles. The summed E-state index contributed by atoms with van der Waals surface area (Å²) in [6.07, 6.45) is 1.30. The van der Waals surface area contributed by atoms with Gasteiger partial charge in [0.25, 0.3) is 10.0 Å². The summed E-state index contributed by atoms with van der Waals surface area (Å²) in [6.45, 7) is 2.40. The number of carbonyl (C=O) groups is 1. The molecule has 0 bridgehead atoms. The van der Waals surface area contributed by atoms with Crippen molar-refractivity contribution in [1.29, 1.82) is 0 Å². The average molecular weight is 383 g/mol. The number of nitrogens with one attached hydrogen (secondary N) is 1. The number of carbonyl (C=O) groups excluding carboxylic acids is 1. The van der Waals surface area contributed by atoms with Crippen molar-refractivity contribution in [3.05, 3.63) is 52.8 Å². The molecule has 1 heterocycles. The Hall–Kier alpha value is -2.12. The van der Waals surface area contributed by atoms with Crippen LogP contribution in [0.1, 0.15) is 18.4 Å². The van der Waals surface area contributed by atoms with Crippen molar-refractivity contribution in [2.45, 2.75) is 24.7 Å². The van der Waals surface area contributed by atoms with Crippen molar-refractivity contribution < 1.29 is 17.6 Å². The first-order valence-electron chi connectivity index (χ1n) is 7.67. The van der Waals surface area contributed by atoms with Crippen molar-refractivity contribution in [2.75, 3.05) is 16.2 Å². The number of hydrogen-bond donors (Lipinski definition) is 1. The molecule has 25 heavy (non-hydrogen) atoms. The van der Waals surface area contributed by atoms with Crippen LogP contribution in [0.4, 0.5) is 15.8 Å². The lowest BCUT2D eigenvalue weighted by atomic mass is 10.2. The molecule has 1 N–H and O–H groups in total. The molecule has 2 aromatic carbocycles. The van der Waals surface area contributed by atoms with Crippen LogP contribution in [-0.2, 0) is 14.8 Å². The summed E-state index contributed by atoms with van der Waals surface area (Å²) in [6, 6.07) is 8.18. The minimum absolute atomic E-state index is 0.0396. The molecule has 1 amide bonds. The minimum Gasteiger partial charge on any atom is -0.312 e. The summed E-state index contributed by atoms with van der Waals surface area (Å²) in [7, 11) is -3.85. The fourth-order valence-corrected chi connectivity index (χ4v) is 4.09. The van der Waals surface area contributed by atoms with Crippen LogP contribution in [0.3, 0.4) is 0 Å². The number of anilines is 2. The van der Waals surface area contributed by atoms with Gasteiger partial charge < -0.3 is 4.90 Å². The molecule has 0 radical (unpaired) electrons. The van der Waals surface area contributed by atoms with E-state index in [0.717, 1.165) is 12.5 Å². The SMILES string of the molecule is Cc1cc(S(=O)(=O)Nc2ccc(F)c(Cl)c2)ccc1N1CCCC1=O. The lowest BCUT2D eigenvalue weighted by Crippen LogP contribution is -2.24. The quantitative estimate of drug-likeness (QED) is 0.876. The summed E-state index contributed by atoms with van der Waals surface area (Å²) in [5.41, 5.74) is 1.57. The Balaban J connectivity index is 1.88. The van der Waals surface area contributed by atoms with E-state index in [-0.39, 0.29) is 21.5 Å². The van der Waals surface area contributed by atoms with Gasteiger partial charge >= 0.3 is 0 Å². The second-order valence-electron chi connectivity index (χ2n) is 5.83. The predicted octanol–water partition coefficient (Wildman–Crippen LogP) is 3.72. The van der Waals surface area contributed by atoms with Gasteiger partial charge in [-0.1, -0.05) is 11.6 Å². The number of amides is 1. The van der Waals surface area contributed by atoms with E-state index in [9.17, 15) is 17.6 Å². The molecule has 0 aliphatic carbocycles. The van der Waals surface area contributed by atoms with E-state index in [1.165, 1.54) is 24.3 Å². The van der Waals surface area contributed by atoms with Gasteiger partial charge in [0.2, 0.25) is 5.91 Å². The lowest BCUT2D eigenvalue weighted by Gasteiger charge is -2.19. The summed E-state index contributed by atoms with van der Waals surface area (Å²) in [5.74, 6) is -0.585. The summed E-state index contributed by atoms with van der Waals surface area (Å²) in [4.78, 5) is 13.6. The first-order chi connectivity index (χ1) is 11.8. The zero-order valence-corrected chi connectivity index (χ0v) is 15.0. The Kier molecular flexibility index (Phi) is 4.71. The van der Waals surface area contributed by atoms with Gasteiger partial charge in [-0.25, -0.2) is 12.8 Å². The molecule has 5 nitrogen and oxygen atoms in total. The van der Waals surface area contributed by atoms with Crippen LogP contribution in [0.25, 0.3) is 0 Å². The summed E-state index contributed by atoms with van der Waals surface area (Å²) >= 11 is 5.67. The average Bonchev–Trinajstić information content (AvgIpc) is 2.96. The number of sulfonamides is 1. The molecule has 132 valence electrons. The molecule has 3 rings (SSSR count). The van der Waals surface area contributed by atoms with Crippen molar-refractivity contribution >= 4 is 38.9 Å². The Morgan fingerprint density at radius 3 is 2.56 bits per heavy atom. The largest absolute Gasteiger partial charge is 0.312 e. The van der Waals surface area contributed by atoms with E-state index in [2.05, 4.69) is 4.72 Å². The molecule has 1 aliphatic heterocycles. The fraction of sp³-hybridized carbons (Fsp3) is 0.235. The van der Waals surface area contributed by atoms with Gasteiger partial charge in [0, 0.05) is 18.7 Å². The molecule has 8 heteroatoms. The van der Waals surface area contributed by atoms with Crippen LogP contribution in [0.15, 0.2) is 41.3 Å². The van der Waals surface area contributed by atoms with E-state index in [1.54, 1.807) is 17.9 Å². The molecule has 0 saturated carbocycles. The Bertz CT molecular complexity index is 947. The van der Waals surface area contributed by atoms with Gasteiger partial charge in [-0.2, -0.15) is 0 Å². The molecule has 1 fully saturated rings. The Morgan fingerprint density at radius 1 is 1.20 bits per heavy atom. The van der Waals surface area contributed by atoms with E-state index < -0.39 is 15.8 Å². The highest BCUT2D eigenvalue weighted by Crippen LogP contribution is 2.28. The lowest BCUT2D eigenvalue weighted by molar-refractivity contribution is -0.117. The maximum Gasteiger partial charge on any atom is 0.261 e. The fourth-order valence-electron chi connectivity index (χ4n) is 2.77. The standard InChI is InChI=1S/C17H16ClFN2O3S/c1-11-9-13(5-7-16(11)21-8-2-3-17(21)22)25(23,24)20-12-4-6-15(19)14(18)10-12/h4-7,9-10,20H,2-3,8H2,1H3. The van der Waals surface area contributed by atoms with Crippen LogP contribution in [0.2, 0.25) is 5.02 Å². The topological polar surface area (TPSA) is 66.5 Å². The van der Waals surface area contributed by atoms with Crippen molar-refractivity contribution in [1.82, 2.24) is 0 Å². The highest BCUT2D eigenvalue weighted by atomic mass is 35.5. The monoisotopic (exact) mass is 382 g/mol.